The Bertz CT molecular complexity index is 236. The molecule has 3 heteroatoms. The van der Waals surface area contributed by atoms with E-state index in [4.69, 9.17) is 4.74 Å². The van der Waals surface area contributed by atoms with Crippen molar-refractivity contribution in [3.8, 4) is 0 Å². The monoisotopic (exact) mass is 320 g/mol. The molecule has 0 aliphatic carbocycles. The summed E-state index contributed by atoms with van der Waals surface area (Å²) in [5.74, 6) is 0.446. The second-order valence-corrected chi connectivity index (χ2v) is 19.9. The van der Waals surface area contributed by atoms with Gasteiger partial charge in [0.25, 0.3) is 0 Å². The number of hydrogen-bond acceptors (Lipinski definition) is 2. The van der Waals surface area contributed by atoms with E-state index in [1.807, 2.05) is 6.92 Å². The first kappa shape index (κ1) is 15.0. The summed E-state index contributed by atoms with van der Waals surface area (Å²) in [5.41, 5.74) is 0. The van der Waals surface area contributed by atoms with E-state index in [1.54, 1.807) is 6.08 Å². The Balaban J connectivity index is 4.70. The minimum atomic E-state index is -2.11. The number of carbonyl (C=O) groups excluding carboxylic acids is 1. The molecule has 0 fully saturated rings. The van der Waals surface area contributed by atoms with E-state index in [0.717, 1.165) is 6.42 Å². The summed E-state index contributed by atoms with van der Waals surface area (Å²) < 4.78 is 6.34. The maximum absolute atomic E-state index is 11.4. The van der Waals surface area contributed by atoms with E-state index in [2.05, 4.69) is 28.7 Å². The first-order chi connectivity index (χ1) is 6.77. The SMILES string of the molecule is CCOC(=O)/C=[C](\CC(C)C)[Sn]([CH3])([CH3])[CH3]. The Morgan fingerprint density at radius 1 is 1.33 bits per heavy atom. The molecule has 0 aromatic carbocycles. The molecule has 0 aromatic rings. The van der Waals surface area contributed by atoms with Crippen molar-refractivity contribution in [2.24, 2.45) is 5.92 Å². The molecule has 2 nitrogen and oxygen atoms in total. The van der Waals surface area contributed by atoms with Gasteiger partial charge in [-0.3, -0.25) is 0 Å². The van der Waals surface area contributed by atoms with Crippen molar-refractivity contribution in [1.29, 1.82) is 0 Å². The van der Waals surface area contributed by atoms with Crippen LogP contribution in [0.1, 0.15) is 27.2 Å². The summed E-state index contributed by atoms with van der Waals surface area (Å²) in [6.07, 6.45) is 2.79. The zero-order valence-corrected chi connectivity index (χ0v) is 13.7. The van der Waals surface area contributed by atoms with Crippen molar-refractivity contribution >= 4 is 24.3 Å². The first-order valence-corrected chi connectivity index (χ1v) is 15.6. The Kier molecular flexibility index (Phi) is 6.56. The van der Waals surface area contributed by atoms with Gasteiger partial charge >= 0.3 is 98.1 Å². The van der Waals surface area contributed by atoms with Crippen LogP contribution in [-0.2, 0) is 9.53 Å². The Hall–Kier alpha value is 0.00870. The predicted octanol–water partition coefficient (Wildman–Crippen LogP) is 3.40. The van der Waals surface area contributed by atoms with E-state index in [9.17, 15) is 4.79 Å². The number of ether oxygens (including phenoxy) is 1. The zero-order chi connectivity index (χ0) is 12.1. The van der Waals surface area contributed by atoms with Gasteiger partial charge in [0.1, 0.15) is 0 Å². The van der Waals surface area contributed by atoms with Crippen LogP contribution in [0.5, 0.6) is 0 Å². The summed E-state index contributed by atoms with van der Waals surface area (Å²) in [6, 6.07) is 0. The van der Waals surface area contributed by atoms with Crippen molar-refractivity contribution in [1.82, 2.24) is 0 Å². The Labute approximate surface area is 98.0 Å². The quantitative estimate of drug-likeness (QED) is 0.441. The van der Waals surface area contributed by atoms with Crippen LogP contribution in [0.4, 0.5) is 0 Å². The normalized spacial score (nSPS) is 13.1. The summed E-state index contributed by atoms with van der Waals surface area (Å²) in [5, 5.41) is 0. The molecule has 0 aliphatic rings. The van der Waals surface area contributed by atoms with Crippen molar-refractivity contribution in [2.75, 3.05) is 6.61 Å². The third kappa shape index (κ3) is 6.98. The van der Waals surface area contributed by atoms with E-state index in [1.165, 1.54) is 3.59 Å². The van der Waals surface area contributed by atoms with Gasteiger partial charge in [-0.15, -0.1) is 0 Å². The average Bonchev–Trinajstić information content (AvgIpc) is 2.00. The topological polar surface area (TPSA) is 26.3 Å². The van der Waals surface area contributed by atoms with Gasteiger partial charge in [0.15, 0.2) is 0 Å². The molecule has 0 radical (unpaired) electrons. The molecule has 0 bridgehead atoms. The van der Waals surface area contributed by atoms with Crippen LogP contribution in [0.3, 0.4) is 0 Å². The van der Waals surface area contributed by atoms with Gasteiger partial charge in [-0.1, -0.05) is 0 Å². The van der Waals surface area contributed by atoms with E-state index in [-0.39, 0.29) is 5.97 Å². The van der Waals surface area contributed by atoms with Crippen LogP contribution in [0, 0.1) is 5.92 Å². The molecule has 88 valence electrons. The summed E-state index contributed by atoms with van der Waals surface area (Å²) in [7, 11) is 0. The molecule has 0 heterocycles. The van der Waals surface area contributed by atoms with Crippen molar-refractivity contribution in [2.45, 2.75) is 42.0 Å². The summed E-state index contributed by atoms with van der Waals surface area (Å²) in [6.45, 7) is 6.69. The van der Waals surface area contributed by atoms with Gasteiger partial charge in [-0.25, -0.2) is 0 Å². The van der Waals surface area contributed by atoms with Crippen molar-refractivity contribution < 1.29 is 9.53 Å². The van der Waals surface area contributed by atoms with Crippen LogP contribution in [0.2, 0.25) is 14.8 Å². The first-order valence-electron chi connectivity index (χ1n) is 5.65. The van der Waals surface area contributed by atoms with E-state index < -0.39 is 18.4 Å². The van der Waals surface area contributed by atoms with Crippen LogP contribution in [0.15, 0.2) is 9.67 Å². The predicted molar refractivity (Wildman–Crippen MR) is 67.5 cm³/mol. The Morgan fingerprint density at radius 2 is 1.87 bits per heavy atom. The Morgan fingerprint density at radius 3 is 2.20 bits per heavy atom. The van der Waals surface area contributed by atoms with Crippen molar-refractivity contribution in [3.63, 3.8) is 0 Å². The molecule has 0 spiro atoms. The molecule has 0 N–H and O–H groups in total. The molecule has 0 aliphatic heterocycles. The number of allylic oxidation sites excluding steroid dienone is 1. The fraction of sp³-hybridized carbons (Fsp3) is 0.750. The number of rotatable bonds is 5. The fourth-order valence-electron chi connectivity index (χ4n) is 1.35. The molecular formula is C12H24O2Sn. The molecule has 0 rings (SSSR count). The maximum atomic E-state index is 11.4. The molecular weight excluding hydrogens is 295 g/mol. The van der Waals surface area contributed by atoms with Crippen LogP contribution < -0.4 is 0 Å². The van der Waals surface area contributed by atoms with E-state index >= 15 is 0 Å². The molecule has 0 amide bonds. The molecule has 15 heavy (non-hydrogen) atoms. The zero-order valence-electron chi connectivity index (χ0n) is 10.9. The van der Waals surface area contributed by atoms with Crippen LogP contribution in [0.25, 0.3) is 0 Å². The van der Waals surface area contributed by atoms with Gasteiger partial charge in [0.2, 0.25) is 0 Å². The van der Waals surface area contributed by atoms with Gasteiger partial charge in [-0.05, 0) is 0 Å². The second kappa shape index (κ2) is 6.56. The van der Waals surface area contributed by atoms with Crippen molar-refractivity contribution in [3.05, 3.63) is 9.67 Å². The molecule has 0 saturated heterocycles. The van der Waals surface area contributed by atoms with Crippen LogP contribution >= 0.6 is 0 Å². The third-order valence-corrected chi connectivity index (χ3v) is 8.66. The summed E-state index contributed by atoms with van der Waals surface area (Å²) >= 11 is -2.11. The second-order valence-electron chi connectivity index (χ2n) is 5.27. The van der Waals surface area contributed by atoms with Gasteiger partial charge in [0, 0.05) is 0 Å². The minimum absolute atomic E-state index is 0.167. The van der Waals surface area contributed by atoms with Gasteiger partial charge in [-0.2, -0.15) is 0 Å². The van der Waals surface area contributed by atoms with Gasteiger partial charge < -0.3 is 0 Å². The molecule has 0 unspecified atom stereocenters. The number of carbonyl (C=O) groups is 1. The standard InChI is InChI=1S/C9H15O2.3CH3.Sn/c1-4-11-9(10)7-5-6-8(2)3;;;;/h7-8H,4,6H2,1-3H3;3*1H3;. The fourth-order valence-corrected chi connectivity index (χ4v) is 5.83. The van der Waals surface area contributed by atoms with E-state index in [0.29, 0.717) is 12.5 Å². The number of esters is 1. The molecule has 0 atom stereocenters. The molecule has 0 aromatic heterocycles. The third-order valence-electron chi connectivity index (χ3n) is 2.17. The molecule has 0 saturated carbocycles. The summed E-state index contributed by atoms with van der Waals surface area (Å²) in [4.78, 5) is 18.4. The van der Waals surface area contributed by atoms with Gasteiger partial charge in [0.05, 0.1) is 0 Å². The number of hydrogen-bond donors (Lipinski definition) is 0. The van der Waals surface area contributed by atoms with Crippen LogP contribution in [-0.4, -0.2) is 31.0 Å². The average molecular weight is 319 g/mol.